The summed E-state index contributed by atoms with van der Waals surface area (Å²) in [6.07, 6.45) is -0.337. The minimum atomic E-state index is -1.33. The van der Waals surface area contributed by atoms with Crippen LogP contribution in [0.2, 0.25) is 0 Å². The first-order valence-corrected chi connectivity index (χ1v) is 10.5. The highest BCUT2D eigenvalue weighted by atomic mass is 32.1. The van der Waals surface area contributed by atoms with E-state index < -0.39 is 60.2 Å². The van der Waals surface area contributed by atoms with Gasteiger partial charge in [0.25, 0.3) is 0 Å². The second kappa shape index (κ2) is 14.1. The molecule has 172 valence electrons. The first-order valence-electron chi connectivity index (χ1n) is 9.25. The van der Waals surface area contributed by atoms with Crippen LogP contribution in [0.5, 0.6) is 0 Å². The molecule has 0 heterocycles. The molecule has 0 aliphatic heterocycles. The van der Waals surface area contributed by atoms with Crippen LogP contribution in [0.25, 0.3) is 0 Å². The summed E-state index contributed by atoms with van der Waals surface area (Å²) in [5.74, 6) is -4.91. The third kappa shape index (κ3) is 10.7. The average molecular weight is 467 g/mol. The number of carbonyl (C=O) groups is 5. The predicted molar refractivity (Wildman–Crippen MR) is 115 cm³/mol. The van der Waals surface area contributed by atoms with Gasteiger partial charge in [0.15, 0.2) is 0 Å². The van der Waals surface area contributed by atoms with Gasteiger partial charge < -0.3 is 31.9 Å². The molecule has 0 aliphatic rings. The van der Waals surface area contributed by atoms with E-state index in [0.29, 0.717) is 6.42 Å². The van der Waals surface area contributed by atoms with Crippen LogP contribution in [0.3, 0.4) is 0 Å². The lowest BCUT2D eigenvalue weighted by Gasteiger charge is -2.24. The molecule has 13 heteroatoms. The van der Waals surface area contributed by atoms with Crippen molar-refractivity contribution in [1.82, 2.24) is 16.0 Å². The minimum Gasteiger partial charge on any atom is -0.481 e. The van der Waals surface area contributed by atoms with Crippen molar-refractivity contribution in [3.05, 3.63) is 0 Å². The van der Waals surface area contributed by atoms with Crippen LogP contribution in [-0.2, 0) is 24.0 Å². The molecule has 30 heavy (non-hydrogen) atoms. The molecule has 11 nitrogen and oxygen atoms in total. The summed E-state index contributed by atoms with van der Waals surface area (Å²) in [6, 6.07) is -4.62. The Labute approximate surface area is 185 Å². The smallest absolute Gasteiger partial charge is 0.327 e. The van der Waals surface area contributed by atoms with Gasteiger partial charge in [-0.05, 0) is 18.8 Å². The standard InChI is InChI=1S/C17H30N4O7S2/c1-8(2)5-9(18)14(24)20-11(6-29)16(26)19-10(3-4-13(22)23)15(25)21-12(7-30)17(27)28/h8-12,29-30H,3-7,18H2,1-2H3,(H,19,26)(H,20,24)(H,21,25)(H,22,23)(H,27,28). The Hall–Kier alpha value is -1.99. The molecule has 7 N–H and O–H groups in total. The van der Waals surface area contributed by atoms with Crippen LogP contribution in [0.1, 0.15) is 33.1 Å². The number of carbonyl (C=O) groups excluding carboxylic acids is 3. The lowest BCUT2D eigenvalue weighted by molar-refractivity contribution is -0.142. The van der Waals surface area contributed by atoms with Crippen LogP contribution in [0.4, 0.5) is 0 Å². The van der Waals surface area contributed by atoms with E-state index in [2.05, 4.69) is 41.2 Å². The normalized spacial score (nSPS) is 14.9. The maximum absolute atomic E-state index is 12.5. The zero-order chi connectivity index (χ0) is 23.4. The second-order valence-corrected chi connectivity index (χ2v) is 7.79. The summed E-state index contributed by atoms with van der Waals surface area (Å²) in [5, 5.41) is 24.9. The topological polar surface area (TPSA) is 188 Å². The van der Waals surface area contributed by atoms with Gasteiger partial charge in [0.2, 0.25) is 17.7 Å². The number of hydrogen-bond acceptors (Lipinski definition) is 8. The van der Waals surface area contributed by atoms with E-state index >= 15 is 0 Å². The molecular weight excluding hydrogens is 436 g/mol. The van der Waals surface area contributed by atoms with Crippen molar-refractivity contribution in [2.24, 2.45) is 11.7 Å². The van der Waals surface area contributed by atoms with Crippen LogP contribution < -0.4 is 21.7 Å². The van der Waals surface area contributed by atoms with Gasteiger partial charge in [-0.2, -0.15) is 25.3 Å². The first-order chi connectivity index (χ1) is 13.9. The van der Waals surface area contributed by atoms with Crippen molar-refractivity contribution >= 4 is 54.9 Å². The molecule has 0 saturated carbocycles. The molecule has 0 aliphatic carbocycles. The van der Waals surface area contributed by atoms with Crippen molar-refractivity contribution in [1.29, 1.82) is 0 Å². The Bertz CT molecular complexity index is 633. The third-order valence-corrected chi connectivity index (χ3v) is 4.68. The second-order valence-electron chi connectivity index (χ2n) is 7.06. The van der Waals surface area contributed by atoms with Crippen molar-refractivity contribution in [2.75, 3.05) is 11.5 Å². The quantitative estimate of drug-likeness (QED) is 0.144. The molecule has 0 aromatic heterocycles. The summed E-state index contributed by atoms with van der Waals surface area (Å²) >= 11 is 7.86. The predicted octanol–water partition coefficient (Wildman–Crippen LogP) is -1.38. The van der Waals surface area contributed by atoms with Gasteiger partial charge in [-0.15, -0.1) is 0 Å². The van der Waals surface area contributed by atoms with Gasteiger partial charge in [-0.25, -0.2) is 4.79 Å². The Morgan fingerprint density at radius 2 is 1.30 bits per heavy atom. The Kier molecular flexibility index (Phi) is 13.2. The number of carboxylic acids is 2. The minimum absolute atomic E-state index is 0.104. The summed E-state index contributed by atoms with van der Waals surface area (Å²) in [6.45, 7) is 3.77. The highest BCUT2D eigenvalue weighted by Gasteiger charge is 2.29. The molecule has 0 rings (SSSR count). The van der Waals surface area contributed by atoms with Crippen LogP contribution in [0.15, 0.2) is 0 Å². The summed E-state index contributed by atoms with van der Waals surface area (Å²) in [4.78, 5) is 59.0. The fraction of sp³-hybridized carbons (Fsp3) is 0.706. The van der Waals surface area contributed by atoms with E-state index in [0.717, 1.165) is 0 Å². The number of rotatable bonds is 14. The molecule has 0 bridgehead atoms. The fourth-order valence-electron chi connectivity index (χ4n) is 2.35. The molecule has 0 saturated heterocycles. The molecule has 0 radical (unpaired) electrons. The fourth-order valence-corrected chi connectivity index (χ4v) is 2.86. The zero-order valence-electron chi connectivity index (χ0n) is 16.8. The number of nitrogens with one attached hydrogen (secondary N) is 3. The van der Waals surface area contributed by atoms with Gasteiger partial charge in [-0.3, -0.25) is 19.2 Å². The SMILES string of the molecule is CC(C)CC(N)C(=O)NC(CS)C(=O)NC(CCC(=O)O)C(=O)NC(CS)C(=O)O. The maximum Gasteiger partial charge on any atom is 0.327 e. The largest absolute Gasteiger partial charge is 0.481 e. The van der Waals surface area contributed by atoms with Crippen molar-refractivity contribution < 1.29 is 34.2 Å². The number of nitrogens with two attached hydrogens (primary N) is 1. The van der Waals surface area contributed by atoms with Crippen LogP contribution in [0, 0.1) is 5.92 Å². The number of thiol groups is 2. The van der Waals surface area contributed by atoms with Gasteiger partial charge in [0.1, 0.15) is 18.1 Å². The Balaban J connectivity index is 5.21. The first kappa shape index (κ1) is 28.0. The molecule has 0 aromatic rings. The van der Waals surface area contributed by atoms with Crippen molar-refractivity contribution in [3.63, 3.8) is 0 Å². The van der Waals surface area contributed by atoms with Gasteiger partial charge in [0, 0.05) is 17.9 Å². The van der Waals surface area contributed by atoms with Crippen LogP contribution >= 0.6 is 25.3 Å². The number of carboxylic acid groups (broad SMARTS) is 2. The number of aliphatic carboxylic acids is 2. The highest BCUT2D eigenvalue weighted by Crippen LogP contribution is 2.05. The Morgan fingerprint density at radius 3 is 1.73 bits per heavy atom. The van der Waals surface area contributed by atoms with Gasteiger partial charge >= 0.3 is 11.9 Å². The zero-order valence-corrected chi connectivity index (χ0v) is 18.6. The van der Waals surface area contributed by atoms with Crippen molar-refractivity contribution in [3.8, 4) is 0 Å². The summed E-state index contributed by atoms with van der Waals surface area (Å²) in [5.41, 5.74) is 5.79. The average Bonchev–Trinajstić information content (AvgIpc) is 2.65. The van der Waals surface area contributed by atoms with E-state index in [9.17, 15) is 24.0 Å². The molecule has 4 unspecified atom stereocenters. The van der Waals surface area contributed by atoms with Crippen LogP contribution in [-0.4, -0.2) is 75.5 Å². The van der Waals surface area contributed by atoms with E-state index in [1.807, 2.05) is 13.8 Å². The van der Waals surface area contributed by atoms with Gasteiger partial charge in [-0.1, -0.05) is 13.8 Å². The van der Waals surface area contributed by atoms with E-state index in [1.54, 1.807) is 0 Å². The molecular formula is C17H30N4O7S2. The lowest BCUT2D eigenvalue weighted by Crippen LogP contribution is -2.58. The molecule has 0 aromatic carbocycles. The van der Waals surface area contributed by atoms with Crippen molar-refractivity contribution in [2.45, 2.75) is 57.3 Å². The summed E-state index contributed by atoms with van der Waals surface area (Å²) in [7, 11) is 0. The number of amides is 3. The molecule has 3 amide bonds. The molecule has 0 spiro atoms. The summed E-state index contributed by atoms with van der Waals surface area (Å²) < 4.78 is 0. The van der Waals surface area contributed by atoms with E-state index in [1.165, 1.54) is 0 Å². The number of hydrogen-bond donors (Lipinski definition) is 8. The Morgan fingerprint density at radius 1 is 0.833 bits per heavy atom. The van der Waals surface area contributed by atoms with E-state index in [-0.39, 0.29) is 23.8 Å². The maximum atomic E-state index is 12.5. The molecule has 0 fully saturated rings. The third-order valence-electron chi connectivity index (χ3n) is 3.95. The van der Waals surface area contributed by atoms with E-state index in [4.69, 9.17) is 15.9 Å². The monoisotopic (exact) mass is 466 g/mol. The molecule has 4 atom stereocenters. The lowest BCUT2D eigenvalue weighted by atomic mass is 10.0. The highest BCUT2D eigenvalue weighted by molar-refractivity contribution is 7.80. The van der Waals surface area contributed by atoms with Gasteiger partial charge in [0.05, 0.1) is 6.04 Å².